The Hall–Kier alpha value is -1.39. The number of hydrogen-bond donors (Lipinski definition) is 1. The lowest BCUT2D eigenvalue weighted by Gasteiger charge is -2.10. The number of carbonyl (C=O) groups is 1. The standard InChI is InChI=1S/C10H10ClNO3/c1-6(10(14)15-2)9(13)8-4-3-7(11)5-12-8/h3-5,9,13H,1H2,2H3. The molecule has 1 unspecified atom stereocenters. The van der Waals surface area contributed by atoms with E-state index in [1.165, 1.54) is 19.4 Å². The summed E-state index contributed by atoms with van der Waals surface area (Å²) >= 11 is 5.63. The van der Waals surface area contributed by atoms with E-state index in [1.54, 1.807) is 6.07 Å². The van der Waals surface area contributed by atoms with Crippen LogP contribution in [-0.4, -0.2) is 23.2 Å². The Balaban J connectivity index is 2.85. The van der Waals surface area contributed by atoms with Crippen molar-refractivity contribution in [1.82, 2.24) is 4.98 Å². The largest absolute Gasteiger partial charge is 0.466 e. The average Bonchev–Trinajstić information content (AvgIpc) is 2.27. The lowest BCUT2D eigenvalue weighted by Crippen LogP contribution is -2.12. The molecule has 0 aliphatic carbocycles. The van der Waals surface area contributed by atoms with Crippen LogP contribution >= 0.6 is 11.6 Å². The Labute approximate surface area is 92.2 Å². The van der Waals surface area contributed by atoms with Crippen LogP contribution < -0.4 is 0 Å². The summed E-state index contributed by atoms with van der Waals surface area (Å²) in [6.45, 7) is 3.43. The molecule has 0 saturated carbocycles. The van der Waals surface area contributed by atoms with Crippen LogP contribution in [0.3, 0.4) is 0 Å². The second-order valence-electron chi connectivity index (χ2n) is 2.82. The van der Waals surface area contributed by atoms with Gasteiger partial charge in [-0.3, -0.25) is 4.98 Å². The Morgan fingerprint density at radius 3 is 2.80 bits per heavy atom. The van der Waals surface area contributed by atoms with Gasteiger partial charge in [-0.05, 0) is 12.1 Å². The summed E-state index contributed by atoms with van der Waals surface area (Å²) in [5, 5.41) is 10.1. The van der Waals surface area contributed by atoms with Gasteiger partial charge in [-0.1, -0.05) is 18.2 Å². The van der Waals surface area contributed by atoms with Crippen molar-refractivity contribution in [3.05, 3.63) is 41.2 Å². The zero-order chi connectivity index (χ0) is 11.4. The maximum Gasteiger partial charge on any atom is 0.336 e. The molecule has 0 amide bonds. The number of esters is 1. The molecule has 5 heteroatoms. The van der Waals surface area contributed by atoms with E-state index < -0.39 is 12.1 Å². The van der Waals surface area contributed by atoms with Gasteiger partial charge < -0.3 is 9.84 Å². The Kier molecular flexibility index (Phi) is 3.82. The average molecular weight is 228 g/mol. The van der Waals surface area contributed by atoms with Gasteiger partial charge in [0.15, 0.2) is 0 Å². The highest BCUT2D eigenvalue weighted by Crippen LogP contribution is 2.20. The van der Waals surface area contributed by atoms with Crippen LogP contribution in [0.4, 0.5) is 0 Å². The van der Waals surface area contributed by atoms with Crippen LogP contribution in [0.1, 0.15) is 11.8 Å². The molecule has 0 aliphatic rings. The van der Waals surface area contributed by atoms with Gasteiger partial charge in [0.2, 0.25) is 0 Å². The second-order valence-corrected chi connectivity index (χ2v) is 3.26. The molecule has 1 N–H and O–H groups in total. The molecule has 0 spiro atoms. The van der Waals surface area contributed by atoms with Crippen molar-refractivity contribution < 1.29 is 14.6 Å². The first-order chi connectivity index (χ1) is 7.06. The summed E-state index contributed by atoms with van der Waals surface area (Å²) in [6, 6.07) is 3.08. The predicted molar refractivity (Wildman–Crippen MR) is 55.4 cm³/mol. The number of nitrogens with zero attached hydrogens (tertiary/aromatic N) is 1. The van der Waals surface area contributed by atoms with Gasteiger partial charge in [-0.25, -0.2) is 4.79 Å². The molecule has 1 rings (SSSR count). The van der Waals surface area contributed by atoms with Gasteiger partial charge in [0, 0.05) is 6.20 Å². The molecule has 0 aromatic carbocycles. The zero-order valence-electron chi connectivity index (χ0n) is 8.11. The number of rotatable bonds is 3. The molecule has 0 fully saturated rings. The van der Waals surface area contributed by atoms with Gasteiger partial charge in [0.05, 0.1) is 23.4 Å². The Bertz CT molecular complexity index is 375. The van der Waals surface area contributed by atoms with E-state index in [-0.39, 0.29) is 5.57 Å². The minimum atomic E-state index is -1.17. The predicted octanol–water partition coefficient (Wildman–Crippen LogP) is 1.50. The first kappa shape index (κ1) is 11.7. The van der Waals surface area contributed by atoms with Crippen LogP contribution in [0.25, 0.3) is 0 Å². The van der Waals surface area contributed by atoms with Crippen LogP contribution in [0.5, 0.6) is 0 Å². The van der Waals surface area contributed by atoms with Gasteiger partial charge >= 0.3 is 5.97 Å². The van der Waals surface area contributed by atoms with E-state index in [1.807, 2.05) is 0 Å². The fourth-order valence-electron chi connectivity index (χ4n) is 0.970. The molecule has 1 heterocycles. The highest BCUT2D eigenvalue weighted by molar-refractivity contribution is 6.30. The summed E-state index contributed by atoms with van der Waals surface area (Å²) in [6.07, 6.45) is 0.208. The van der Waals surface area contributed by atoms with Crippen LogP contribution in [0, 0.1) is 0 Å². The number of aromatic nitrogens is 1. The van der Waals surface area contributed by atoms with E-state index in [9.17, 15) is 9.90 Å². The molecule has 1 aromatic heterocycles. The monoisotopic (exact) mass is 227 g/mol. The third-order valence-corrected chi connectivity index (χ3v) is 2.03. The SMILES string of the molecule is C=C(C(=O)OC)C(O)c1ccc(Cl)cn1. The van der Waals surface area contributed by atoms with Crippen molar-refractivity contribution in [2.45, 2.75) is 6.10 Å². The van der Waals surface area contributed by atoms with E-state index in [0.717, 1.165) is 0 Å². The third-order valence-electron chi connectivity index (χ3n) is 1.81. The quantitative estimate of drug-likeness (QED) is 0.628. The van der Waals surface area contributed by atoms with Crippen molar-refractivity contribution in [2.24, 2.45) is 0 Å². The van der Waals surface area contributed by atoms with Crippen molar-refractivity contribution in [1.29, 1.82) is 0 Å². The molecule has 1 aromatic rings. The smallest absolute Gasteiger partial charge is 0.336 e. The molecule has 0 aliphatic heterocycles. The van der Waals surface area contributed by atoms with Crippen molar-refractivity contribution in [3.8, 4) is 0 Å². The first-order valence-electron chi connectivity index (χ1n) is 4.13. The maximum atomic E-state index is 11.1. The van der Waals surface area contributed by atoms with Gasteiger partial charge in [0.1, 0.15) is 6.10 Å². The van der Waals surface area contributed by atoms with Crippen molar-refractivity contribution >= 4 is 17.6 Å². The summed E-state index contributed by atoms with van der Waals surface area (Å²) in [4.78, 5) is 14.9. The highest BCUT2D eigenvalue weighted by atomic mass is 35.5. The fourth-order valence-corrected chi connectivity index (χ4v) is 1.08. The summed E-state index contributed by atoms with van der Waals surface area (Å²) in [7, 11) is 1.22. The lowest BCUT2D eigenvalue weighted by molar-refractivity contribution is -0.137. The van der Waals surface area contributed by atoms with Gasteiger partial charge in [-0.2, -0.15) is 0 Å². The molecular weight excluding hydrogens is 218 g/mol. The normalized spacial score (nSPS) is 11.9. The molecule has 0 bridgehead atoms. The molecule has 4 nitrogen and oxygen atoms in total. The first-order valence-corrected chi connectivity index (χ1v) is 4.50. The molecule has 1 atom stereocenters. The van der Waals surface area contributed by atoms with Gasteiger partial charge in [-0.15, -0.1) is 0 Å². The number of pyridine rings is 1. The number of halogens is 1. The number of methoxy groups -OCH3 is 1. The Morgan fingerprint density at radius 1 is 1.67 bits per heavy atom. The van der Waals surface area contributed by atoms with Crippen LogP contribution in [-0.2, 0) is 9.53 Å². The van der Waals surface area contributed by atoms with Crippen LogP contribution in [0.2, 0.25) is 5.02 Å². The third kappa shape index (κ3) is 2.78. The Morgan fingerprint density at radius 2 is 2.33 bits per heavy atom. The van der Waals surface area contributed by atoms with Gasteiger partial charge in [0.25, 0.3) is 0 Å². The van der Waals surface area contributed by atoms with Crippen molar-refractivity contribution in [3.63, 3.8) is 0 Å². The van der Waals surface area contributed by atoms with E-state index >= 15 is 0 Å². The summed E-state index contributed by atoms with van der Waals surface area (Å²) in [5.74, 6) is -0.667. The maximum absolute atomic E-state index is 11.1. The zero-order valence-corrected chi connectivity index (χ0v) is 8.86. The number of ether oxygens (including phenoxy) is 1. The second kappa shape index (κ2) is 4.91. The summed E-state index contributed by atoms with van der Waals surface area (Å²) < 4.78 is 4.43. The fraction of sp³-hybridized carbons (Fsp3) is 0.200. The topological polar surface area (TPSA) is 59.4 Å². The molecule has 0 saturated heterocycles. The molecular formula is C10H10ClNO3. The summed E-state index contributed by atoms with van der Waals surface area (Å²) in [5.41, 5.74) is 0.238. The van der Waals surface area contributed by atoms with E-state index in [0.29, 0.717) is 10.7 Å². The number of aliphatic hydroxyl groups is 1. The number of carbonyl (C=O) groups excluding carboxylic acids is 1. The number of hydrogen-bond acceptors (Lipinski definition) is 4. The van der Waals surface area contributed by atoms with E-state index in [2.05, 4.69) is 16.3 Å². The lowest BCUT2D eigenvalue weighted by atomic mass is 10.1. The van der Waals surface area contributed by atoms with Crippen LogP contribution in [0.15, 0.2) is 30.5 Å². The molecule has 15 heavy (non-hydrogen) atoms. The van der Waals surface area contributed by atoms with Crippen molar-refractivity contribution in [2.75, 3.05) is 7.11 Å². The minimum Gasteiger partial charge on any atom is -0.466 e. The molecule has 80 valence electrons. The molecule has 0 radical (unpaired) electrons. The minimum absolute atomic E-state index is 0.0627. The highest BCUT2D eigenvalue weighted by Gasteiger charge is 2.19. The number of aliphatic hydroxyl groups excluding tert-OH is 1. The van der Waals surface area contributed by atoms with E-state index in [4.69, 9.17) is 11.6 Å².